The third-order valence-electron chi connectivity index (χ3n) is 3.28. The average Bonchev–Trinajstić information content (AvgIpc) is 3.05. The van der Waals surface area contributed by atoms with Gasteiger partial charge in [0.2, 0.25) is 11.9 Å². The Morgan fingerprint density at radius 2 is 2.00 bits per heavy atom. The van der Waals surface area contributed by atoms with Gasteiger partial charge in [-0.3, -0.25) is 14.8 Å². The highest BCUT2D eigenvalue weighted by molar-refractivity contribution is 5.91. The van der Waals surface area contributed by atoms with Crippen molar-refractivity contribution in [3.05, 3.63) is 42.2 Å². The molecule has 3 rings (SSSR count). The van der Waals surface area contributed by atoms with E-state index in [0.717, 1.165) is 22.5 Å². The van der Waals surface area contributed by atoms with Crippen LogP contribution < -0.4 is 5.32 Å². The van der Waals surface area contributed by atoms with Gasteiger partial charge in [-0.15, -0.1) is 0 Å². The van der Waals surface area contributed by atoms with Crippen molar-refractivity contribution in [2.45, 2.75) is 12.7 Å². The highest BCUT2D eigenvalue weighted by atomic mass is 19.4. The van der Waals surface area contributed by atoms with Gasteiger partial charge in [0.15, 0.2) is 5.69 Å². The molecule has 0 radical (unpaired) electrons. The number of hydrogen-bond donors (Lipinski definition) is 1. The van der Waals surface area contributed by atoms with Crippen LogP contribution in [-0.2, 0) is 24.6 Å². The fourth-order valence-electron chi connectivity index (χ4n) is 2.17. The van der Waals surface area contributed by atoms with Crippen molar-refractivity contribution in [1.29, 1.82) is 0 Å². The molecule has 1 amide bonds. The third kappa shape index (κ3) is 3.03. The lowest BCUT2D eigenvalue weighted by molar-refractivity contribution is -0.141. The molecule has 1 aromatic carbocycles. The van der Waals surface area contributed by atoms with Crippen molar-refractivity contribution in [1.82, 2.24) is 19.3 Å². The number of imidazole rings is 1. The maximum Gasteiger partial charge on any atom is 0.435 e. The molecule has 9 heteroatoms. The number of amides is 1. The number of nitrogens with zero attached hydrogens (tertiary/aromatic N) is 4. The predicted molar refractivity (Wildman–Crippen MR) is 76.6 cm³/mol. The Labute approximate surface area is 128 Å². The number of halogens is 3. The molecule has 2 heterocycles. The van der Waals surface area contributed by atoms with Gasteiger partial charge in [0.1, 0.15) is 6.54 Å². The van der Waals surface area contributed by atoms with Gasteiger partial charge in [-0.05, 0) is 18.2 Å². The van der Waals surface area contributed by atoms with E-state index in [-0.39, 0.29) is 6.54 Å². The lowest BCUT2D eigenvalue weighted by Gasteiger charge is -2.05. The fraction of sp³-hybridized carbons (Fsp3) is 0.214. The number of fused-ring (bicyclic) bond motifs is 1. The molecule has 3 aromatic rings. The number of aromatic nitrogens is 4. The molecule has 0 bridgehead atoms. The zero-order valence-corrected chi connectivity index (χ0v) is 12.0. The molecule has 0 saturated heterocycles. The summed E-state index contributed by atoms with van der Waals surface area (Å²) in [7, 11) is 1.74. The summed E-state index contributed by atoms with van der Waals surface area (Å²) in [4.78, 5) is 16.2. The van der Waals surface area contributed by atoms with Crippen LogP contribution in [0.15, 0.2) is 36.5 Å². The number of para-hydroxylation sites is 2. The number of carbonyl (C=O) groups is 1. The fourth-order valence-corrected chi connectivity index (χ4v) is 2.17. The number of benzene rings is 1. The van der Waals surface area contributed by atoms with Gasteiger partial charge in [0.25, 0.3) is 0 Å². The number of nitrogens with one attached hydrogen (secondary N) is 1. The highest BCUT2D eigenvalue weighted by Crippen LogP contribution is 2.27. The summed E-state index contributed by atoms with van der Waals surface area (Å²) < 4.78 is 40.0. The SMILES string of the molecule is Cn1c(NC(=O)Cn2ccc(C(F)(F)F)n2)nc2ccccc21. The molecule has 0 spiro atoms. The summed E-state index contributed by atoms with van der Waals surface area (Å²) in [6.07, 6.45) is -3.42. The van der Waals surface area contributed by atoms with Crippen LogP contribution in [0.25, 0.3) is 11.0 Å². The Hall–Kier alpha value is -2.84. The van der Waals surface area contributed by atoms with E-state index in [9.17, 15) is 18.0 Å². The molecule has 0 atom stereocenters. The number of carbonyl (C=O) groups excluding carboxylic acids is 1. The Balaban J connectivity index is 1.74. The summed E-state index contributed by atoms with van der Waals surface area (Å²) in [5.74, 6) is -0.195. The first kappa shape index (κ1) is 15.1. The molecule has 0 aliphatic heterocycles. The molecular weight excluding hydrogens is 311 g/mol. The second-order valence-corrected chi connectivity index (χ2v) is 4.93. The normalized spacial score (nSPS) is 11.8. The molecule has 23 heavy (non-hydrogen) atoms. The Kier molecular flexibility index (Phi) is 3.55. The number of alkyl halides is 3. The number of aryl methyl sites for hydroxylation is 1. The summed E-state index contributed by atoms with van der Waals surface area (Å²) >= 11 is 0. The molecular formula is C14H12F3N5O. The topological polar surface area (TPSA) is 64.7 Å². The van der Waals surface area contributed by atoms with Crippen molar-refractivity contribution >= 4 is 22.9 Å². The first-order valence-corrected chi connectivity index (χ1v) is 6.66. The summed E-state index contributed by atoms with van der Waals surface area (Å²) in [6.45, 7) is -0.334. The summed E-state index contributed by atoms with van der Waals surface area (Å²) in [5.41, 5.74) is 0.512. The van der Waals surface area contributed by atoms with Crippen molar-refractivity contribution < 1.29 is 18.0 Å². The number of rotatable bonds is 3. The molecule has 120 valence electrons. The zero-order valence-electron chi connectivity index (χ0n) is 12.0. The third-order valence-corrected chi connectivity index (χ3v) is 3.28. The van der Waals surface area contributed by atoms with Crippen molar-refractivity contribution in [3.8, 4) is 0 Å². The quantitative estimate of drug-likeness (QED) is 0.805. The lowest BCUT2D eigenvalue weighted by Crippen LogP contribution is -2.21. The lowest BCUT2D eigenvalue weighted by atomic mass is 10.3. The average molecular weight is 323 g/mol. The maximum atomic E-state index is 12.5. The van der Waals surface area contributed by atoms with Gasteiger partial charge in [-0.2, -0.15) is 18.3 Å². The van der Waals surface area contributed by atoms with E-state index in [2.05, 4.69) is 15.4 Å². The number of anilines is 1. The van der Waals surface area contributed by atoms with Gasteiger partial charge < -0.3 is 4.57 Å². The highest BCUT2D eigenvalue weighted by Gasteiger charge is 2.33. The van der Waals surface area contributed by atoms with Crippen LogP contribution in [0, 0.1) is 0 Å². The number of hydrogen-bond acceptors (Lipinski definition) is 3. The van der Waals surface area contributed by atoms with Crippen LogP contribution >= 0.6 is 0 Å². The second kappa shape index (κ2) is 5.41. The Morgan fingerprint density at radius 1 is 1.26 bits per heavy atom. The van der Waals surface area contributed by atoms with Crippen LogP contribution in [0.5, 0.6) is 0 Å². The minimum Gasteiger partial charge on any atom is -0.313 e. The largest absolute Gasteiger partial charge is 0.435 e. The zero-order chi connectivity index (χ0) is 16.6. The Morgan fingerprint density at radius 3 is 2.65 bits per heavy atom. The second-order valence-electron chi connectivity index (χ2n) is 4.93. The first-order chi connectivity index (χ1) is 10.8. The van der Waals surface area contributed by atoms with E-state index < -0.39 is 17.8 Å². The molecule has 0 fully saturated rings. The van der Waals surface area contributed by atoms with Gasteiger partial charge in [-0.1, -0.05) is 12.1 Å². The van der Waals surface area contributed by atoms with Crippen LogP contribution in [-0.4, -0.2) is 25.2 Å². The van der Waals surface area contributed by atoms with Crippen molar-refractivity contribution in [3.63, 3.8) is 0 Å². The van der Waals surface area contributed by atoms with Crippen LogP contribution in [0.4, 0.5) is 19.1 Å². The smallest absolute Gasteiger partial charge is 0.313 e. The molecule has 0 unspecified atom stereocenters. The molecule has 6 nitrogen and oxygen atoms in total. The van der Waals surface area contributed by atoms with Crippen molar-refractivity contribution in [2.24, 2.45) is 7.05 Å². The predicted octanol–water partition coefficient (Wildman–Crippen LogP) is 2.43. The summed E-state index contributed by atoms with van der Waals surface area (Å²) in [5, 5.41) is 5.90. The van der Waals surface area contributed by atoms with Gasteiger partial charge in [0, 0.05) is 13.2 Å². The monoisotopic (exact) mass is 323 g/mol. The van der Waals surface area contributed by atoms with Gasteiger partial charge in [-0.25, -0.2) is 4.98 Å². The molecule has 0 aliphatic carbocycles. The first-order valence-electron chi connectivity index (χ1n) is 6.66. The maximum absolute atomic E-state index is 12.5. The van der Waals surface area contributed by atoms with Crippen LogP contribution in [0.1, 0.15) is 5.69 Å². The van der Waals surface area contributed by atoms with Gasteiger partial charge in [0.05, 0.1) is 11.0 Å². The molecule has 2 aromatic heterocycles. The van der Waals surface area contributed by atoms with Crippen LogP contribution in [0.2, 0.25) is 0 Å². The minimum absolute atomic E-state index is 0.319. The van der Waals surface area contributed by atoms with E-state index in [1.54, 1.807) is 17.7 Å². The van der Waals surface area contributed by atoms with Crippen LogP contribution in [0.3, 0.4) is 0 Å². The summed E-state index contributed by atoms with van der Waals surface area (Å²) in [6, 6.07) is 8.14. The standard InChI is InChI=1S/C14H12F3N5O/c1-21-10-5-3-2-4-9(10)18-13(21)19-12(23)8-22-7-6-11(20-22)14(15,16)17/h2-7H,8H2,1H3,(H,18,19,23). The van der Waals surface area contributed by atoms with E-state index in [0.29, 0.717) is 11.5 Å². The van der Waals surface area contributed by atoms with Gasteiger partial charge >= 0.3 is 6.18 Å². The van der Waals surface area contributed by atoms with E-state index >= 15 is 0 Å². The minimum atomic E-state index is -4.53. The Bertz CT molecular complexity index is 865. The molecule has 0 saturated carbocycles. The molecule has 0 aliphatic rings. The van der Waals surface area contributed by atoms with Crippen molar-refractivity contribution in [2.75, 3.05) is 5.32 Å². The van der Waals surface area contributed by atoms with E-state index in [1.807, 2.05) is 18.2 Å². The molecule has 1 N–H and O–H groups in total. The van der Waals surface area contributed by atoms with E-state index in [1.165, 1.54) is 0 Å². The van der Waals surface area contributed by atoms with E-state index in [4.69, 9.17) is 0 Å².